The van der Waals surface area contributed by atoms with Gasteiger partial charge in [-0.3, -0.25) is 0 Å². The number of halogens is 3. The number of alkyl halides is 3. The molecule has 1 heterocycles. The van der Waals surface area contributed by atoms with E-state index in [9.17, 15) is 13.2 Å². The van der Waals surface area contributed by atoms with Crippen LogP contribution in [0.5, 0.6) is 6.01 Å². The minimum Gasteiger partial charge on any atom is -0.467 e. The summed E-state index contributed by atoms with van der Waals surface area (Å²) in [5.41, 5.74) is 0. The minimum atomic E-state index is -4.33. The Morgan fingerprint density at radius 2 is 1.67 bits per heavy atom. The Morgan fingerprint density at radius 3 is 2.19 bits per heavy atom. The number of ether oxygens (including phenoxy) is 2. The maximum Gasteiger partial charge on any atom is 0.411 e. The molecular formula is C11H18F3N5O2. The lowest BCUT2D eigenvalue weighted by molar-refractivity contribution is -0.172. The fourth-order valence-electron chi connectivity index (χ4n) is 1.27. The van der Waals surface area contributed by atoms with E-state index in [-0.39, 0.29) is 25.1 Å². The number of methoxy groups -OCH3 is 1. The molecule has 2 N–H and O–H groups in total. The van der Waals surface area contributed by atoms with Gasteiger partial charge in [0.25, 0.3) is 0 Å². The second kappa shape index (κ2) is 8.45. The molecule has 0 fully saturated rings. The highest BCUT2D eigenvalue weighted by Crippen LogP contribution is 2.14. The third-order valence-corrected chi connectivity index (χ3v) is 2.13. The van der Waals surface area contributed by atoms with Gasteiger partial charge in [0.05, 0.1) is 13.7 Å². The number of nitrogens with one attached hydrogen (secondary N) is 2. The number of aromatic nitrogens is 3. The van der Waals surface area contributed by atoms with Gasteiger partial charge >= 0.3 is 12.2 Å². The molecule has 1 rings (SSSR count). The van der Waals surface area contributed by atoms with Gasteiger partial charge in [0.2, 0.25) is 11.9 Å². The van der Waals surface area contributed by atoms with Gasteiger partial charge in [0, 0.05) is 13.1 Å². The van der Waals surface area contributed by atoms with Crippen LogP contribution in [0.2, 0.25) is 0 Å². The number of nitrogens with zero attached hydrogens (tertiary/aromatic N) is 3. The predicted octanol–water partition coefficient (Wildman–Crippen LogP) is 1.69. The number of hydrogen-bond acceptors (Lipinski definition) is 7. The molecule has 7 nitrogen and oxygen atoms in total. The lowest BCUT2D eigenvalue weighted by Gasteiger charge is -2.10. The van der Waals surface area contributed by atoms with Gasteiger partial charge in [-0.1, -0.05) is 6.92 Å². The Kier molecular flexibility index (Phi) is 6.92. The van der Waals surface area contributed by atoms with Crippen molar-refractivity contribution >= 4 is 11.9 Å². The zero-order chi connectivity index (χ0) is 15.7. The van der Waals surface area contributed by atoms with E-state index in [0.29, 0.717) is 12.5 Å². The molecule has 1 aromatic heterocycles. The predicted molar refractivity (Wildman–Crippen MR) is 70.5 cm³/mol. The quantitative estimate of drug-likeness (QED) is 0.672. The van der Waals surface area contributed by atoms with Gasteiger partial charge in [0.15, 0.2) is 0 Å². The number of hydrogen-bond donors (Lipinski definition) is 2. The monoisotopic (exact) mass is 309 g/mol. The van der Waals surface area contributed by atoms with E-state index in [0.717, 1.165) is 6.42 Å². The third-order valence-electron chi connectivity index (χ3n) is 2.13. The van der Waals surface area contributed by atoms with Gasteiger partial charge in [-0.2, -0.15) is 28.1 Å². The van der Waals surface area contributed by atoms with Crippen molar-refractivity contribution in [2.45, 2.75) is 19.5 Å². The summed E-state index contributed by atoms with van der Waals surface area (Å²) in [6.07, 6.45) is -3.43. The first-order chi connectivity index (χ1) is 9.94. The molecule has 0 aliphatic rings. The number of rotatable bonds is 9. The summed E-state index contributed by atoms with van der Waals surface area (Å²) < 4.78 is 45.0. The molecule has 0 bridgehead atoms. The van der Waals surface area contributed by atoms with Crippen LogP contribution in [0, 0.1) is 0 Å². The van der Waals surface area contributed by atoms with Gasteiger partial charge in [-0.25, -0.2) is 0 Å². The number of anilines is 2. The van der Waals surface area contributed by atoms with Gasteiger partial charge in [0.1, 0.15) is 6.61 Å². The van der Waals surface area contributed by atoms with Crippen molar-refractivity contribution < 1.29 is 22.6 Å². The van der Waals surface area contributed by atoms with Gasteiger partial charge in [-0.05, 0) is 6.42 Å². The molecule has 0 amide bonds. The molecule has 0 atom stereocenters. The third kappa shape index (κ3) is 7.49. The largest absolute Gasteiger partial charge is 0.467 e. The second-order valence-corrected chi connectivity index (χ2v) is 3.99. The van der Waals surface area contributed by atoms with Crippen molar-refractivity contribution in [3.8, 4) is 6.01 Å². The average molecular weight is 309 g/mol. The fourth-order valence-corrected chi connectivity index (χ4v) is 1.27. The van der Waals surface area contributed by atoms with Crippen LogP contribution in [0.25, 0.3) is 0 Å². The minimum absolute atomic E-state index is 0.113. The molecule has 120 valence electrons. The molecule has 0 radical (unpaired) electrons. The van der Waals surface area contributed by atoms with E-state index in [1.54, 1.807) is 0 Å². The molecular weight excluding hydrogens is 291 g/mol. The molecule has 21 heavy (non-hydrogen) atoms. The molecule has 0 unspecified atom stereocenters. The van der Waals surface area contributed by atoms with E-state index in [1.807, 2.05) is 6.92 Å². The first kappa shape index (κ1) is 17.2. The highest BCUT2D eigenvalue weighted by atomic mass is 19.4. The Morgan fingerprint density at radius 1 is 1.05 bits per heavy atom. The maximum atomic E-state index is 11.9. The lowest BCUT2D eigenvalue weighted by Crippen LogP contribution is -2.20. The zero-order valence-electron chi connectivity index (χ0n) is 11.8. The average Bonchev–Trinajstić information content (AvgIpc) is 2.43. The smallest absolute Gasteiger partial charge is 0.411 e. The standard InChI is InChI=1S/C11H18F3N5O2/c1-3-4-15-8-17-9(19-10(18-8)20-2)16-5-6-21-7-11(12,13)14/h3-7H2,1-2H3,(H2,15,16,17,18,19). The van der Waals surface area contributed by atoms with Crippen LogP contribution in [0.1, 0.15) is 13.3 Å². The van der Waals surface area contributed by atoms with E-state index in [1.165, 1.54) is 7.11 Å². The molecule has 0 aromatic carbocycles. The lowest BCUT2D eigenvalue weighted by atomic mass is 10.5. The summed E-state index contributed by atoms with van der Waals surface area (Å²) in [5, 5.41) is 5.72. The van der Waals surface area contributed by atoms with Crippen LogP contribution in [0.4, 0.5) is 25.1 Å². The fraction of sp³-hybridized carbons (Fsp3) is 0.727. The van der Waals surface area contributed by atoms with Gasteiger partial charge < -0.3 is 20.1 Å². The van der Waals surface area contributed by atoms with E-state index < -0.39 is 12.8 Å². The maximum absolute atomic E-state index is 11.9. The van der Waals surface area contributed by atoms with Crippen LogP contribution in [-0.2, 0) is 4.74 Å². The first-order valence-electron chi connectivity index (χ1n) is 6.37. The molecule has 0 aliphatic carbocycles. The van der Waals surface area contributed by atoms with Crippen molar-refractivity contribution in [3.05, 3.63) is 0 Å². The molecule has 1 aromatic rings. The van der Waals surface area contributed by atoms with E-state index >= 15 is 0 Å². The van der Waals surface area contributed by atoms with Crippen molar-refractivity contribution in [1.82, 2.24) is 15.0 Å². The normalized spacial score (nSPS) is 11.3. The van der Waals surface area contributed by atoms with Crippen molar-refractivity contribution in [2.24, 2.45) is 0 Å². The van der Waals surface area contributed by atoms with Gasteiger partial charge in [-0.15, -0.1) is 0 Å². The molecule has 0 aliphatic heterocycles. The summed E-state index contributed by atoms with van der Waals surface area (Å²) in [6.45, 7) is 1.41. The highest BCUT2D eigenvalue weighted by molar-refractivity contribution is 5.35. The molecule has 0 saturated heterocycles. The second-order valence-electron chi connectivity index (χ2n) is 3.99. The van der Waals surface area contributed by atoms with Crippen LogP contribution in [-0.4, -0.2) is 54.5 Å². The van der Waals surface area contributed by atoms with Crippen LogP contribution < -0.4 is 15.4 Å². The zero-order valence-corrected chi connectivity index (χ0v) is 11.8. The van der Waals surface area contributed by atoms with Crippen LogP contribution >= 0.6 is 0 Å². The first-order valence-corrected chi connectivity index (χ1v) is 6.37. The van der Waals surface area contributed by atoms with Crippen LogP contribution in [0.15, 0.2) is 0 Å². The Balaban J connectivity index is 2.46. The van der Waals surface area contributed by atoms with E-state index in [2.05, 4.69) is 30.3 Å². The molecule has 10 heteroatoms. The Labute approximate surface area is 120 Å². The van der Waals surface area contributed by atoms with Crippen LogP contribution in [0.3, 0.4) is 0 Å². The Hall–Kier alpha value is -1.84. The molecule has 0 spiro atoms. The summed E-state index contributed by atoms with van der Waals surface area (Å²) in [5.74, 6) is 0.540. The van der Waals surface area contributed by atoms with Crippen molar-refractivity contribution in [3.63, 3.8) is 0 Å². The Bertz CT molecular complexity index is 431. The summed E-state index contributed by atoms with van der Waals surface area (Å²) in [7, 11) is 1.41. The van der Waals surface area contributed by atoms with Crippen molar-refractivity contribution in [1.29, 1.82) is 0 Å². The SMILES string of the molecule is CCCNc1nc(NCCOCC(F)(F)F)nc(OC)n1. The van der Waals surface area contributed by atoms with Crippen molar-refractivity contribution in [2.75, 3.05) is 44.0 Å². The highest BCUT2D eigenvalue weighted by Gasteiger charge is 2.27. The summed E-state index contributed by atoms with van der Waals surface area (Å²) in [4.78, 5) is 12.0. The summed E-state index contributed by atoms with van der Waals surface area (Å²) >= 11 is 0. The van der Waals surface area contributed by atoms with E-state index in [4.69, 9.17) is 4.74 Å². The molecule has 0 saturated carbocycles. The summed E-state index contributed by atoms with van der Waals surface area (Å²) in [6, 6.07) is 0.113. The topological polar surface area (TPSA) is 81.2 Å².